The van der Waals surface area contributed by atoms with Crippen molar-refractivity contribution in [3.63, 3.8) is 0 Å². The van der Waals surface area contributed by atoms with E-state index < -0.39 is 17.2 Å². The van der Waals surface area contributed by atoms with E-state index in [9.17, 15) is 14.0 Å². The lowest BCUT2D eigenvalue weighted by atomic mass is 10.1. The van der Waals surface area contributed by atoms with Crippen molar-refractivity contribution in [3.8, 4) is 11.3 Å². The molecule has 19 heavy (non-hydrogen) atoms. The van der Waals surface area contributed by atoms with Gasteiger partial charge in [0.1, 0.15) is 11.4 Å². The van der Waals surface area contributed by atoms with Crippen molar-refractivity contribution < 1.29 is 14.3 Å². The molecule has 0 unspecified atom stereocenters. The normalized spacial score (nSPS) is 10.5. The first-order chi connectivity index (χ1) is 8.91. The summed E-state index contributed by atoms with van der Waals surface area (Å²) in [6, 6.07) is 2.53. The number of pyridine rings is 2. The minimum atomic E-state index is -1.30. The topological polar surface area (TPSA) is 72.2 Å². The monoisotopic (exact) mass is 262 g/mol. The van der Waals surface area contributed by atoms with Gasteiger partial charge in [0.05, 0.1) is 17.5 Å². The molecule has 2 aromatic heterocycles. The summed E-state index contributed by atoms with van der Waals surface area (Å²) in [5.41, 5.74) is 0.0236. The number of carboxylic acid groups (broad SMARTS) is 1. The van der Waals surface area contributed by atoms with Crippen molar-refractivity contribution in [2.75, 3.05) is 0 Å². The summed E-state index contributed by atoms with van der Waals surface area (Å²) in [5, 5.41) is 9.00. The maximum absolute atomic E-state index is 12.9. The second-order valence-electron chi connectivity index (χ2n) is 4.11. The van der Waals surface area contributed by atoms with E-state index in [2.05, 4.69) is 4.98 Å². The Labute approximate surface area is 108 Å². The molecule has 0 bridgehead atoms. The van der Waals surface area contributed by atoms with Gasteiger partial charge in [-0.25, -0.2) is 9.18 Å². The second-order valence-corrected chi connectivity index (χ2v) is 4.11. The van der Waals surface area contributed by atoms with Crippen molar-refractivity contribution in [2.24, 2.45) is 7.05 Å². The van der Waals surface area contributed by atoms with Crippen LogP contribution in [0.2, 0.25) is 0 Å². The highest BCUT2D eigenvalue weighted by molar-refractivity contribution is 5.89. The molecule has 98 valence electrons. The van der Waals surface area contributed by atoms with Gasteiger partial charge in [-0.3, -0.25) is 9.78 Å². The van der Waals surface area contributed by atoms with Crippen molar-refractivity contribution >= 4 is 5.97 Å². The van der Waals surface area contributed by atoms with Crippen LogP contribution in [-0.2, 0) is 7.05 Å². The molecule has 0 atom stereocenters. The third-order valence-corrected chi connectivity index (χ3v) is 2.90. The molecule has 6 heteroatoms. The molecule has 2 heterocycles. The lowest BCUT2D eigenvalue weighted by Crippen LogP contribution is -2.21. The van der Waals surface area contributed by atoms with Crippen LogP contribution in [0.3, 0.4) is 0 Å². The van der Waals surface area contributed by atoms with E-state index in [1.54, 1.807) is 14.0 Å². The van der Waals surface area contributed by atoms with Gasteiger partial charge in [-0.1, -0.05) is 0 Å². The summed E-state index contributed by atoms with van der Waals surface area (Å²) in [5.74, 6) is -1.82. The zero-order valence-electron chi connectivity index (χ0n) is 10.3. The number of carbonyl (C=O) groups is 1. The molecule has 0 fully saturated rings. The van der Waals surface area contributed by atoms with Crippen LogP contribution in [0.4, 0.5) is 4.39 Å². The quantitative estimate of drug-likeness (QED) is 0.892. The highest BCUT2D eigenvalue weighted by atomic mass is 19.1. The Morgan fingerprint density at radius 2 is 2.11 bits per heavy atom. The number of aromatic nitrogens is 2. The molecule has 0 saturated heterocycles. The zero-order valence-corrected chi connectivity index (χ0v) is 10.3. The molecule has 0 aliphatic rings. The minimum absolute atomic E-state index is 0.169. The fraction of sp³-hybridized carbons (Fsp3) is 0.154. The number of halogens is 1. The minimum Gasteiger partial charge on any atom is -0.477 e. The fourth-order valence-electron chi connectivity index (χ4n) is 1.80. The predicted molar refractivity (Wildman–Crippen MR) is 66.6 cm³/mol. The lowest BCUT2D eigenvalue weighted by Gasteiger charge is -2.11. The van der Waals surface area contributed by atoms with Crippen LogP contribution in [0, 0.1) is 12.7 Å². The van der Waals surface area contributed by atoms with Crippen molar-refractivity contribution in [1.82, 2.24) is 9.55 Å². The van der Waals surface area contributed by atoms with Gasteiger partial charge in [0.25, 0.3) is 0 Å². The van der Waals surface area contributed by atoms with E-state index in [0.29, 0.717) is 5.69 Å². The molecular weight excluding hydrogens is 251 g/mol. The highest BCUT2D eigenvalue weighted by Crippen LogP contribution is 2.18. The molecule has 1 N–H and O–H groups in total. The average Bonchev–Trinajstić information content (AvgIpc) is 2.36. The molecular formula is C13H11FN2O3. The van der Waals surface area contributed by atoms with Crippen LogP contribution >= 0.6 is 0 Å². The van der Waals surface area contributed by atoms with Gasteiger partial charge in [-0.2, -0.15) is 0 Å². The highest BCUT2D eigenvalue weighted by Gasteiger charge is 2.18. The van der Waals surface area contributed by atoms with Crippen LogP contribution in [0.15, 0.2) is 29.3 Å². The average molecular weight is 262 g/mol. The summed E-state index contributed by atoms with van der Waals surface area (Å²) >= 11 is 0. The number of aromatic carboxylic acids is 1. The summed E-state index contributed by atoms with van der Waals surface area (Å²) in [6.07, 6.45) is 2.24. The largest absolute Gasteiger partial charge is 0.477 e. The summed E-state index contributed by atoms with van der Waals surface area (Å²) < 4.78 is 14.4. The Bertz CT molecular complexity index is 705. The van der Waals surface area contributed by atoms with Crippen LogP contribution < -0.4 is 5.43 Å². The van der Waals surface area contributed by atoms with Gasteiger partial charge in [-0.15, -0.1) is 0 Å². The Balaban J connectivity index is 2.79. The van der Waals surface area contributed by atoms with E-state index in [0.717, 1.165) is 6.20 Å². The number of carboxylic acids is 1. The van der Waals surface area contributed by atoms with Crippen LogP contribution in [0.25, 0.3) is 11.3 Å². The number of nitrogens with zero attached hydrogens (tertiary/aromatic N) is 2. The van der Waals surface area contributed by atoms with Gasteiger partial charge < -0.3 is 9.67 Å². The lowest BCUT2D eigenvalue weighted by molar-refractivity contribution is 0.0694. The van der Waals surface area contributed by atoms with E-state index in [-0.39, 0.29) is 16.8 Å². The van der Waals surface area contributed by atoms with E-state index in [1.807, 2.05) is 0 Å². The molecule has 0 amide bonds. The van der Waals surface area contributed by atoms with Crippen molar-refractivity contribution in [3.05, 3.63) is 51.8 Å². The third-order valence-electron chi connectivity index (χ3n) is 2.90. The van der Waals surface area contributed by atoms with Gasteiger partial charge in [0.15, 0.2) is 0 Å². The maximum Gasteiger partial charge on any atom is 0.341 e. The third kappa shape index (κ3) is 2.24. The van der Waals surface area contributed by atoms with Crippen molar-refractivity contribution in [2.45, 2.75) is 6.92 Å². The molecule has 0 aliphatic carbocycles. The first kappa shape index (κ1) is 12.9. The van der Waals surface area contributed by atoms with E-state index in [1.165, 1.54) is 22.9 Å². The molecule has 2 aromatic rings. The van der Waals surface area contributed by atoms with E-state index in [4.69, 9.17) is 5.11 Å². The van der Waals surface area contributed by atoms with Crippen LogP contribution in [-0.4, -0.2) is 20.6 Å². The molecule has 0 radical (unpaired) electrons. The summed E-state index contributed by atoms with van der Waals surface area (Å²) in [6.45, 7) is 1.67. The summed E-state index contributed by atoms with van der Waals surface area (Å²) in [4.78, 5) is 27.0. The fourth-order valence-corrected chi connectivity index (χ4v) is 1.80. The standard InChI is InChI=1S/C13H11FN2O3/c1-7-11(10-4-3-8(14)5-15-10)12(17)9(13(18)19)6-16(7)2/h3-6H,1-2H3,(H,18,19). The predicted octanol–water partition coefficient (Wildman–Crippen LogP) is 1.59. The Morgan fingerprint density at radius 1 is 1.42 bits per heavy atom. The van der Waals surface area contributed by atoms with E-state index >= 15 is 0 Å². The molecule has 2 rings (SSSR count). The van der Waals surface area contributed by atoms with Crippen LogP contribution in [0.1, 0.15) is 16.1 Å². The van der Waals surface area contributed by atoms with Crippen molar-refractivity contribution in [1.29, 1.82) is 0 Å². The van der Waals surface area contributed by atoms with Crippen LogP contribution in [0.5, 0.6) is 0 Å². The number of rotatable bonds is 2. The SMILES string of the molecule is Cc1c(-c2ccc(F)cn2)c(=O)c(C(=O)O)cn1C. The van der Waals surface area contributed by atoms with Gasteiger partial charge >= 0.3 is 5.97 Å². The van der Waals surface area contributed by atoms with Gasteiger partial charge in [0, 0.05) is 18.9 Å². The molecule has 0 aromatic carbocycles. The number of hydrogen-bond donors (Lipinski definition) is 1. The Morgan fingerprint density at radius 3 is 2.63 bits per heavy atom. The molecule has 0 aliphatic heterocycles. The second kappa shape index (κ2) is 4.64. The summed E-state index contributed by atoms with van der Waals surface area (Å²) in [7, 11) is 1.63. The molecule has 0 saturated carbocycles. The Kier molecular flexibility index (Phi) is 3.16. The Hall–Kier alpha value is -2.50. The number of aryl methyl sites for hydroxylation is 1. The molecule has 5 nitrogen and oxygen atoms in total. The smallest absolute Gasteiger partial charge is 0.341 e. The number of hydrogen-bond acceptors (Lipinski definition) is 3. The van der Waals surface area contributed by atoms with Gasteiger partial charge in [-0.05, 0) is 19.1 Å². The zero-order chi connectivity index (χ0) is 14.2. The maximum atomic E-state index is 12.9. The first-order valence-electron chi connectivity index (χ1n) is 5.47. The van der Waals surface area contributed by atoms with Gasteiger partial charge in [0.2, 0.25) is 5.43 Å². The first-order valence-corrected chi connectivity index (χ1v) is 5.47. The molecule has 0 spiro atoms.